The molecule has 4 heteroatoms. The number of aliphatic hydroxyl groups is 1. The van der Waals surface area contributed by atoms with E-state index in [1.54, 1.807) is 11.3 Å². The maximum absolute atomic E-state index is 12.2. The summed E-state index contributed by atoms with van der Waals surface area (Å²) in [5.41, 5.74) is 1.07. The number of aliphatic hydroxyl groups excluding tert-OH is 1. The lowest BCUT2D eigenvalue weighted by atomic mass is 10.0. The maximum Gasteiger partial charge on any atom is 0.228 e. The van der Waals surface area contributed by atoms with Crippen LogP contribution in [-0.4, -0.2) is 23.2 Å². The number of rotatable bonds is 6. The molecule has 0 saturated carbocycles. The Labute approximate surface area is 129 Å². The lowest BCUT2D eigenvalue weighted by molar-refractivity contribution is -0.123. The third-order valence-electron chi connectivity index (χ3n) is 3.60. The third-order valence-corrected chi connectivity index (χ3v) is 4.65. The van der Waals surface area contributed by atoms with Gasteiger partial charge in [0.15, 0.2) is 0 Å². The van der Waals surface area contributed by atoms with Crippen LogP contribution < -0.4 is 5.32 Å². The SMILES string of the molecule is CC(C(=O)NC(C)C(O)Cc1ccccc1)c1cccs1. The van der Waals surface area contributed by atoms with E-state index in [9.17, 15) is 9.90 Å². The molecule has 1 heterocycles. The summed E-state index contributed by atoms with van der Waals surface area (Å²) in [5.74, 6) is -0.228. The Morgan fingerprint density at radius 3 is 2.52 bits per heavy atom. The summed E-state index contributed by atoms with van der Waals surface area (Å²) >= 11 is 1.57. The Kier molecular flexibility index (Phi) is 5.53. The summed E-state index contributed by atoms with van der Waals surface area (Å²) in [4.78, 5) is 13.2. The summed E-state index contributed by atoms with van der Waals surface area (Å²) in [6.07, 6.45) is -0.0535. The van der Waals surface area contributed by atoms with E-state index in [-0.39, 0.29) is 17.9 Å². The quantitative estimate of drug-likeness (QED) is 0.862. The monoisotopic (exact) mass is 303 g/mol. The van der Waals surface area contributed by atoms with Crippen LogP contribution in [0.4, 0.5) is 0 Å². The smallest absolute Gasteiger partial charge is 0.228 e. The van der Waals surface area contributed by atoms with Crippen LogP contribution in [-0.2, 0) is 11.2 Å². The van der Waals surface area contributed by atoms with E-state index in [1.807, 2.05) is 61.7 Å². The third kappa shape index (κ3) is 4.41. The number of thiophene rings is 1. The Balaban J connectivity index is 1.88. The van der Waals surface area contributed by atoms with E-state index in [0.717, 1.165) is 10.4 Å². The lowest BCUT2D eigenvalue weighted by Crippen LogP contribution is -2.43. The van der Waals surface area contributed by atoms with E-state index in [4.69, 9.17) is 0 Å². The highest BCUT2D eigenvalue weighted by Gasteiger charge is 2.21. The number of hydrogen-bond donors (Lipinski definition) is 2. The molecule has 0 aliphatic carbocycles. The molecule has 2 N–H and O–H groups in total. The molecule has 0 fully saturated rings. The number of carbonyl (C=O) groups is 1. The average molecular weight is 303 g/mol. The normalized spacial score (nSPS) is 15.2. The molecule has 21 heavy (non-hydrogen) atoms. The van der Waals surface area contributed by atoms with Gasteiger partial charge in [0.05, 0.1) is 18.1 Å². The van der Waals surface area contributed by atoms with Crippen molar-refractivity contribution < 1.29 is 9.90 Å². The van der Waals surface area contributed by atoms with Gasteiger partial charge >= 0.3 is 0 Å². The minimum absolute atomic E-state index is 0.0444. The Bertz CT molecular complexity index is 553. The van der Waals surface area contributed by atoms with Gasteiger partial charge in [-0.25, -0.2) is 0 Å². The van der Waals surface area contributed by atoms with Gasteiger partial charge in [0, 0.05) is 11.3 Å². The van der Waals surface area contributed by atoms with Crippen LogP contribution in [0, 0.1) is 0 Å². The minimum Gasteiger partial charge on any atom is -0.391 e. The van der Waals surface area contributed by atoms with Gasteiger partial charge in [-0.15, -0.1) is 11.3 Å². The Morgan fingerprint density at radius 2 is 1.90 bits per heavy atom. The van der Waals surface area contributed by atoms with Crippen molar-refractivity contribution in [2.75, 3.05) is 0 Å². The van der Waals surface area contributed by atoms with E-state index in [2.05, 4.69) is 5.32 Å². The molecule has 2 rings (SSSR count). The zero-order valence-corrected chi connectivity index (χ0v) is 13.1. The van der Waals surface area contributed by atoms with Crippen LogP contribution in [0.3, 0.4) is 0 Å². The first kappa shape index (κ1) is 15.7. The largest absolute Gasteiger partial charge is 0.391 e. The van der Waals surface area contributed by atoms with Gasteiger partial charge in [0.2, 0.25) is 5.91 Å². The highest BCUT2D eigenvalue weighted by molar-refractivity contribution is 7.10. The second-order valence-electron chi connectivity index (χ2n) is 5.29. The lowest BCUT2D eigenvalue weighted by Gasteiger charge is -2.22. The van der Waals surface area contributed by atoms with Gasteiger partial charge in [-0.2, -0.15) is 0 Å². The van der Waals surface area contributed by atoms with Gasteiger partial charge < -0.3 is 10.4 Å². The molecular weight excluding hydrogens is 282 g/mol. The van der Waals surface area contributed by atoms with Crippen molar-refractivity contribution in [3.05, 3.63) is 58.3 Å². The summed E-state index contributed by atoms with van der Waals surface area (Å²) in [7, 11) is 0. The highest BCUT2D eigenvalue weighted by Crippen LogP contribution is 2.21. The second-order valence-corrected chi connectivity index (χ2v) is 6.27. The molecule has 2 aromatic rings. The molecule has 0 spiro atoms. The van der Waals surface area contributed by atoms with Crippen LogP contribution in [0.1, 0.15) is 30.2 Å². The first-order valence-electron chi connectivity index (χ1n) is 7.13. The van der Waals surface area contributed by atoms with Gasteiger partial charge in [-0.05, 0) is 30.9 Å². The van der Waals surface area contributed by atoms with Crippen molar-refractivity contribution in [2.24, 2.45) is 0 Å². The van der Waals surface area contributed by atoms with Crippen LogP contribution in [0.25, 0.3) is 0 Å². The van der Waals surface area contributed by atoms with Crippen molar-refractivity contribution in [2.45, 2.75) is 38.3 Å². The fourth-order valence-electron chi connectivity index (χ4n) is 2.14. The van der Waals surface area contributed by atoms with Gasteiger partial charge in [-0.1, -0.05) is 36.4 Å². The predicted octanol–water partition coefficient (Wildman–Crippen LogP) is 2.96. The molecule has 1 amide bonds. The van der Waals surface area contributed by atoms with Crippen molar-refractivity contribution >= 4 is 17.2 Å². The van der Waals surface area contributed by atoms with Crippen LogP contribution in [0.5, 0.6) is 0 Å². The van der Waals surface area contributed by atoms with Crippen LogP contribution >= 0.6 is 11.3 Å². The zero-order chi connectivity index (χ0) is 15.2. The fourth-order valence-corrected chi connectivity index (χ4v) is 2.93. The van der Waals surface area contributed by atoms with Crippen LogP contribution in [0.15, 0.2) is 47.8 Å². The first-order chi connectivity index (χ1) is 10.1. The average Bonchev–Trinajstić information content (AvgIpc) is 3.01. The Morgan fingerprint density at radius 1 is 1.19 bits per heavy atom. The van der Waals surface area contributed by atoms with E-state index in [1.165, 1.54) is 0 Å². The van der Waals surface area contributed by atoms with Gasteiger partial charge in [-0.3, -0.25) is 4.79 Å². The molecule has 0 aliphatic rings. The van der Waals surface area contributed by atoms with Crippen molar-refractivity contribution in [3.63, 3.8) is 0 Å². The first-order valence-corrected chi connectivity index (χ1v) is 8.01. The molecular formula is C17H21NO2S. The number of hydrogen-bond acceptors (Lipinski definition) is 3. The van der Waals surface area contributed by atoms with Crippen molar-refractivity contribution in [1.29, 1.82) is 0 Å². The molecule has 0 bridgehead atoms. The number of carbonyl (C=O) groups excluding carboxylic acids is 1. The molecule has 1 aromatic carbocycles. The fraction of sp³-hybridized carbons (Fsp3) is 0.353. The van der Waals surface area contributed by atoms with E-state index in [0.29, 0.717) is 6.42 Å². The molecule has 0 radical (unpaired) electrons. The van der Waals surface area contributed by atoms with Crippen LogP contribution in [0.2, 0.25) is 0 Å². The van der Waals surface area contributed by atoms with E-state index < -0.39 is 6.10 Å². The molecule has 0 aliphatic heterocycles. The topological polar surface area (TPSA) is 49.3 Å². The summed E-state index contributed by atoms with van der Waals surface area (Å²) in [5, 5.41) is 15.1. The van der Waals surface area contributed by atoms with Gasteiger partial charge in [0.1, 0.15) is 0 Å². The van der Waals surface area contributed by atoms with Crippen molar-refractivity contribution in [1.82, 2.24) is 5.32 Å². The molecule has 0 saturated heterocycles. The van der Waals surface area contributed by atoms with E-state index >= 15 is 0 Å². The maximum atomic E-state index is 12.2. The molecule has 3 unspecified atom stereocenters. The van der Waals surface area contributed by atoms with Gasteiger partial charge in [0.25, 0.3) is 0 Å². The second kappa shape index (κ2) is 7.38. The minimum atomic E-state index is -0.591. The summed E-state index contributed by atoms with van der Waals surface area (Å²) < 4.78 is 0. The number of nitrogens with one attached hydrogen (secondary N) is 1. The molecule has 112 valence electrons. The summed E-state index contributed by atoms with van der Waals surface area (Å²) in [6, 6.07) is 13.4. The molecule has 1 aromatic heterocycles. The molecule has 3 atom stereocenters. The zero-order valence-electron chi connectivity index (χ0n) is 12.3. The van der Waals surface area contributed by atoms with Crippen molar-refractivity contribution in [3.8, 4) is 0 Å². The Hall–Kier alpha value is -1.65. The standard InChI is InChI=1S/C17H21NO2S/c1-12(16-9-6-10-21-16)17(20)18-13(2)15(19)11-14-7-4-3-5-8-14/h3-10,12-13,15,19H,11H2,1-2H3,(H,18,20). The summed E-state index contributed by atoms with van der Waals surface area (Å²) in [6.45, 7) is 3.73. The predicted molar refractivity (Wildman–Crippen MR) is 86.5 cm³/mol. The highest BCUT2D eigenvalue weighted by atomic mass is 32.1. The number of benzene rings is 1. The molecule has 3 nitrogen and oxygen atoms in total. The number of amides is 1.